The summed E-state index contributed by atoms with van der Waals surface area (Å²) in [6.07, 6.45) is -4.92. The van der Waals surface area contributed by atoms with Crippen molar-refractivity contribution >= 4 is 62.3 Å². The van der Waals surface area contributed by atoms with E-state index in [2.05, 4.69) is 5.32 Å². The second-order valence-electron chi connectivity index (χ2n) is 11.6. The largest absolute Gasteiger partial charge is 0.417 e. The van der Waals surface area contributed by atoms with Gasteiger partial charge in [0.15, 0.2) is 0 Å². The van der Waals surface area contributed by atoms with Gasteiger partial charge in [-0.2, -0.15) is 13.2 Å². The zero-order valence-electron chi connectivity index (χ0n) is 26.6. The van der Waals surface area contributed by atoms with Crippen LogP contribution >= 0.6 is 34.8 Å². The Hall–Kier alpha value is -3.77. The third kappa shape index (κ3) is 9.48. The van der Waals surface area contributed by atoms with Gasteiger partial charge in [0.05, 0.1) is 21.2 Å². The predicted molar refractivity (Wildman–Crippen MR) is 186 cm³/mol. The van der Waals surface area contributed by atoms with Gasteiger partial charge in [0.1, 0.15) is 12.6 Å². The van der Waals surface area contributed by atoms with Gasteiger partial charge in [-0.25, -0.2) is 8.42 Å². The van der Waals surface area contributed by atoms with Crippen LogP contribution < -0.4 is 9.62 Å². The topological polar surface area (TPSA) is 86.8 Å². The van der Waals surface area contributed by atoms with Crippen molar-refractivity contribution in [1.82, 2.24) is 10.2 Å². The van der Waals surface area contributed by atoms with E-state index in [9.17, 15) is 31.2 Å². The number of hydrogen-bond donors (Lipinski definition) is 1. The maximum Gasteiger partial charge on any atom is 0.417 e. The number of hydrogen-bond acceptors (Lipinski definition) is 4. The van der Waals surface area contributed by atoms with Crippen LogP contribution in [-0.4, -0.2) is 43.8 Å². The van der Waals surface area contributed by atoms with Gasteiger partial charge in [-0.1, -0.05) is 88.9 Å². The highest BCUT2D eigenvalue weighted by atomic mass is 35.5. The fourth-order valence-electron chi connectivity index (χ4n) is 5.04. The Morgan fingerprint density at radius 1 is 0.837 bits per heavy atom. The molecule has 2 amide bonds. The maximum atomic E-state index is 14.6. The number of halogens is 6. The number of aryl methyl sites for hydroxylation is 1. The van der Waals surface area contributed by atoms with Crippen LogP contribution in [-0.2, 0) is 38.8 Å². The lowest BCUT2D eigenvalue weighted by molar-refractivity contribution is -0.140. The van der Waals surface area contributed by atoms with Crippen LogP contribution in [0.25, 0.3) is 0 Å². The van der Waals surface area contributed by atoms with Crippen molar-refractivity contribution in [2.75, 3.05) is 10.8 Å². The van der Waals surface area contributed by atoms with E-state index in [0.717, 1.165) is 22.6 Å². The van der Waals surface area contributed by atoms with Crippen LogP contribution in [0.2, 0.25) is 15.1 Å². The van der Waals surface area contributed by atoms with Gasteiger partial charge in [0.2, 0.25) is 11.8 Å². The van der Waals surface area contributed by atoms with E-state index in [1.165, 1.54) is 24.3 Å². The normalized spacial score (nSPS) is 12.4. The van der Waals surface area contributed by atoms with E-state index in [-0.39, 0.29) is 39.5 Å². The van der Waals surface area contributed by atoms with Crippen molar-refractivity contribution in [2.45, 2.75) is 56.9 Å². The molecule has 0 fully saturated rings. The molecule has 0 saturated heterocycles. The summed E-state index contributed by atoms with van der Waals surface area (Å²) in [5, 5.41) is 2.54. The summed E-state index contributed by atoms with van der Waals surface area (Å²) in [6.45, 7) is 3.90. The molecular weight excluding hydrogens is 722 g/mol. The number of benzene rings is 4. The summed E-state index contributed by atoms with van der Waals surface area (Å²) in [6, 6.07) is 20.2. The third-order valence-corrected chi connectivity index (χ3v) is 10.3. The molecule has 4 rings (SSSR count). The van der Waals surface area contributed by atoms with Gasteiger partial charge in [-0.15, -0.1) is 0 Å². The molecule has 0 aliphatic heterocycles. The molecule has 4 aromatic rings. The molecule has 14 heteroatoms. The first kappa shape index (κ1) is 38.0. The molecule has 0 aliphatic carbocycles. The monoisotopic (exact) mass is 753 g/mol. The quantitative estimate of drug-likeness (QED) is 0.158. The van der Waals surface area contributed by atoms with Crippen LogP contribution in [0.15, 0.2) is 95.9 Å². The number of nitrogens with one attached hydrogen (secondary N) is 1. The fraction of sp³-hybridized carbons (Fsp3) is 0.257. The molecule has 0 bridgehead atoms. The molecule has 0 heterocycles. The molecule has 1 atom stereocenters. The Kier molecular flexibility index (Phi) is 12.3. The van der Waals surface area contributed by atoms with E-state index in [1.807, 2.05) is 0 Å². The maximum absolute atomic E-state index is 14.6. The molecule has 7 nitrogen and oxygen atoms in total. The fourth-order valence-corrected chi connectivity index (χ4v) is 7.19. The van der Waals surface area contributed by atoms with Crippen molar-refractivity contribution in [2.24, 2.45) is 0 Å². The van der Waals surface area contributed by atoms with Crippen molar-refractivity contribution in [3.05, 3.63) is 128 Å². The number of amides is 2. The van der Waals surface area contributed by atoms with Gasteiger partial charge in [-0.05, 0) is 68.8 Å². The van der Waals surface area contributed by atoms with E-state index in [0.29, 0.717) is 15.9 Å². The SMILES string of the molecule is Cc1ccc(S(=O)(=O)N(CC(=O)N(Cc2c(Cl)cccc2Cl)[C@@H](Cc2ccccc2)C(=O)NC(C)C)c2ccc(Cl)c(C(F)(F)F)c2)cc1. The van der Waals surface area contributed by atoms with Crippen molar-refractivity contribution in [3.63, 3.8) is 0 Å². The van der Waals surface area contributed by atoms with Gasteiger partial charge < -0.3 is 10.2 Å². The van der Waals surface area contributed by atoms with Crippen molar-refractivity contribution < 1.29 is 31.2 Å². The highest BCUT2D eigenvalue weighted by molar-refractivity contribution is 7.92. The highest BCUT2D eigenvalue weighted by Gasteiger charge is 2.38. The van der Waals surface area contributed by atoms with Gasteiger partial charge >= 0.3 is 6.18 Å². The highest BCUT2D eigenvalue weighted by Crippen LogP contribution is 2.38. The lowest BCUT2D eigenvalue weighted by Crippen LogP contribution is -2.54. The molecule has 0 radical (unpaired) electrons. The Morgan fingerprint density at radius 3 is 2.02 bits per heavy atom. The van der Waals surface area contributed by atoms with Crippen molar-refractivity contribution in [1.29, 1.82) is 0 Å². The average Bonchev–Trinajstić information content (AvgIpc) is 3.02. The van der Waals surface area contributed by atoms with Gasteiger partial charge in [0, 0.05) is 34.6 Å². The molecule has 0 aromatic heterocycles. The number of anilines is 1. The summed E-state index contributed by atoms with van der Waals surface area (Å²) >= 11 is 18.9. The number of sulfonamides is 1. The summed E-state index contributed by atoms with van der Waals surface area (Å²) in [7, 11) is -4.66. The summed E-state index contributed by atoms with van der Waals surface area (Å²) in [5.41, 5.74) is -0.0524. The minimum atomic E-state index is -4.93. The van der Waals surface area contributed by atoms with E-state index < -0.39 is 56.9 Å². The lowest BCUT2D eigenvalue weighted by Gasteiger charge is -2.34. The molecule has 49 heavy (non-hydrogen) atoms. The Bertz CT molecular complexity index is 1890. The summed E-state index contributed by atoms with van der Waals surface area (Å²) in [4.78, 5) is 29.3. The van der Waals surface area contributed by atoms with Crippen LogP contribution in [0.3, 0.4) is 0 Å². The molecular formula is C35H33Cl3F3N3O4S. The summed E-state index contributed by atoms with van der Waals surface area (Å²) in [5.74, 6) is -1.45. The van der Waals surface area contributed by atoms with Crippen LogP contribution in [0.1, 0.15) is 36.1 Å². The number of carbonyl (C=O) groups is 2. The first-order chi connectivity index (χ1) is 23.0. The minimum Gasteiger partial charge on any atom is -0.352 e. The molecule has 1 N–H and O–H groups in total. The zero-order chi connectivity index (χ0) is 36.1. The van der Waals surface area contributed by atoms with E-state index in [4.69, 9.17) is 34.8 Å². The number of alkyl halides is 3. The van der Waals surface area contributed by atoms with E-state index in [1.54, 1.807) is 69.3 Å². The van der Waals surface area contributed by atoms with Crippen LogP contribution in [0, 0.1) is 6.92 Å². The zero-order valence-corrected chi connectivity index (χ0v) is 29.7. The first-order valence-electron chi connectivity index (χ1n) is 15.0. The van der Waals surface area contributed by atoms with Crippen molar-refractivity contribution in [3.8, 4) is 0 Å². The number of rotatable bonds is 12. The van der Waals surface area contributed by atoms with Gasteiger partial charge in [-0.3, -0.25) is 13.9 Å². The second kappa shape index (κ2) is 15.8. The Labute approximate surface area is 298 Å². The van der Waals surface area contributed by atoms with E-state index >= 15 is 0 Å². The number of carbonyl (C=O) groups excluding carboxylic acids is 2. The average molecular weight is 755 g/mol. The Morgan fingerprint density at radius 2 is 1.45 bits per heavy atom. The second-order valence-corrected chi connectivity index (χ2v) is 14.7. The minimum absolute atomic E-state index is 0.0110. The predicted octanol–water partition coefficient (Wildman–Crippen LogP) is 8.33. The Balaban J connectivity index is 1.90. The van der Waals surface area contributed by atoms with Crippen LogP contribution in [0.4, 0.5) is 18.9 Å². The third-order valence-electron chi connectivity index (χ3n) is 7.52. The van der Waals surface area contributed by atoms with Gasteiger partial charge in [0.25, 0.3) is 10.0 Å². The first-order valence-corrected chi connectivity index (χ1v) is 17.6. The lowest BCUT2D eigenvalue weighted by atomic mass is 10.0. The standard InChI is InChI=1S/C35H33Cl3F3N3O4S/c1-22(2)42-34(46)32(18-24-8-5-4-6-9-24)43(20-27-29(36)10-7-11-30(27)37)33(45)21-44(49(47,48)26-15-12-23(3)13-16-26)25-14-17-31(38)28(19-25)35(39,40)41/h4-17,19,22,32H,18,20-21H2,1-3H3,(H,42,46)/t32-/m0/s1. The van der Waals surface area contributed by atoms with Crippen LogP contribution in [0.5, 0.6) is 0 Å². The molecule has 260 valence electrons. The smallest absolute Gasteiger partial charge is 0.352 e. The molecule has 0 unspecified atom stereocenters. The summed E-state index contributed by atoms with van der Waals surface area (Å²) < 4.78 is 70.8. The number of nitrogens with zero attached hydrogens (tertiary/aromatic N) is 2. The molecule has 0 spiro atoms. The molecule has 4 aromatic carbocycles. The molecule has 0 aliphatic rings. The molecule has 0 saturated carbocycles.